The van der Waals surface area contributed by atoms with E-state index in [1.54, 1.807) is 59.4 Å². The molecule has 13 nitrogen and oxygen atoms in total. The Kier molecular flexibility index (Phi) is 7.88. The summed E-state index contributed by atoms with van der Waals surface area (Å²) in [5.74, 6) is -4.29. The van der Waals surface area contributed by atoms with Crippen LogP contribution in [0.25, 0.3) is 28.2 Å². The van der Waals surface area contributed by atoms with Gasteiger partial charge in [0.15, 0.2) is 5.78 Å². The zero-order valence-electron chi connectivity index (χ0n) is 27.6. The molecule has 0 unspecified atom stereocenters. The van der Waals surface area contributed by atoms with E-state index in [2.05, 4.69) is 51.4 Å². The number of aryl methyl sites for hydroxylation is 1. The summed E-state index contributed by atoms with van der Waals surface area (Å²) in [6.07, 6.45) is 10.5. The second kappa shape index (κ2) is 12.2. The number of ketones is 1. The Bertz CT molecular complexity index is 2270. The van der Waals surface area contributed by atoms with Crippen LogP contribution in [0.3, 0.4) is 0 Å². The lowest BCUT2D eigenvalue weighted by Crippen LogP contribution is -2.47. The quantitative estimate of drug-likeness (QED) is 0.189. The van der Waals surface area contributed by atoms with Crippen molar-refractivity contribution < 1.29 is 23.2 Å². The number of Topliss-reactive ketones (excluding diaryl/α,β-unsaturated/α-hetero) is 1. The molecule has 1 N–H and O–H groups in total. The highest BCUT2D eigenvalue weighted by Crippen LogP contribution is 2.60. The summed E-state index contributed by atoms with van der Waals surface area (Å²) < 4.78 is 34.6. The Hall–Kier alpha value is -5.25. The molecule has 2 aliphatic heterocycles. The second-order valence-electron chi connectivity index (χ2n) is 13.4. The third kappa shape index (κ3) is 6.00. The summed E-state index contributed by atoms with van der Waals surface area (Å²) >= 11 is 3.24. The van der Waals surface area contributed by atoms with E-state index in [0.717, 1.165) is 0 Å². The van der Waals surface area contributed by atoms with Gasteiger partial charge >= 0.3 is 0 Å². The molecule has 3 atom stereocenters. The van der Waals surface area contributed by atoms with Gasteiger partial charge in [-0.25, -0.2) is 23.7 Å². The molecular formula is C35H31BrF2N10O3. The molecule has 1 saturated carbocycles. The molecule has 5 aromatic rings. The number of allylic oxidation sites excluding steroid dienone is 1. The molecule has 7 heterocycles. The van der Waals surface area contributed by atoms with Gasteiger partial charge in [-0.15, -0.1) is 0 Å². The van der Waals surface area contributed by atoms with Crippen LogP contribution in [0.15, 0.2) is 59.7 Å². The first-order valence-corrected chi connectivity index (χ1v) is 17.2. The van der Waals surface area contributed by atoms with E-state index in [9.17, 15) is 14.4 Å². The molecule has 2 fully saturated rings. The van der Waals surface area contributed by atoms with Crippen LogP contribution in [0.2, 0.25) is 0 Å². The summed E-state index contributed by atoms with van der Waals surface area (Å²) in [6, 6.07) is 4.89. The highest BCUT2D eigenvalue weighted by Gasteiger charge is 2.67. The van der Waals surface area contributed by atoms with Crippen LogP contribution in [0, 0.1) is 12.3 Å². The summed E-state index contributed by atoms with van der Waals surface area (Å²) in [5.41, 5.74) is 1.57. The van der Waals surface area contributed by atoms with Crippen molar-refractivity contribution in [2.24, 2.45) is 5.41 Å². The molecule has 4 bridgehead atoms. The first kappa shape index (κ1) is 32.9. The maximum absolute atomic E-state index is 15.6. The van der Waals surface area contributed by atoms with E-state index in [1.807, 2.05) is 6.20 Å². The fourth-order valence-electron chi connectivity index (χ4n) is 7.29. The summed E-state index contributed by atoms with van der Waals surface area (Å²) in [7, 11) is 0. The molecule has 1 saturated heterocycles. The normalized spacial score (nSPS) is 23.0. The second-order valence-corrected chi connectivity index (χ2v) is 14.2. The smallest absolute Gasteiger partial charge is 0.277 e. The number of piperidine rings is 1. The van der Waals surface area contributed by atoms with Crippen molar-refractivity contribution in [3.05, 3.63) is 82.5 Å². The Morgan fingerprint density at radius 1 is 1.08 bits per heavy atom. The number of anilines is 1. The van der Waals surface area contributed by atoms with Gasteiger partial charge in [-0.3, -0.25) is 28.7 Å². The maximum Gasteiger partial charge on any atom is 0.277 e. The average Bonchev–Trinajstić information content (AvgIpc) is 3.36. The first-order chi connectivity index (χ1) is 24.4. The van der Waals surface area contributed by atoms with Crippen molar-refractivity contribution in [1.29, 1.82) is 0 Å². The fourth-order valence-corrected chi connectivity index (χ4v) is 7.60. The number of amides is 2. The van der Waals surface area contributed by atoms with Gasteiger partial charge < -0.3 is 10.2 Å². The largest absolute Gasteiger partial charge is 0.325 e. The minimum atomic E-state index is -3.30. The number of pyridine rings is 2. The van der Waals surface area contributed by atoms with Crippen LogP contribution in [-0.2, 0) is 28.6 Å². The number of nitrogens with one attached hydrogen (secondary N) is 1. The molecule has 5 aromatic heterocycles. The topological polar surface area (TPSA) is 154 Å². The monoisotopic (exact) mass is 756 g/mol. The summed E-state index contributed by atoms with van der Waals surface area (Å²) in [4.78, 5) is 59.9. The average molecular weight is 758 g/mol. The minimum Gasteiger partial charge on any atom is -0.325 e. The van der Waals surface area contributed by atoms with Crippen molar-refractivity contribution in [3.63, 3.8) is 0 Å². The molecule has 1 aliphatic carbocycles. The Balaban J connectivity index is 1.15. The lowest BCUT2D eigenvalue weighted by molar-refractivity contribution is -0.138. The Labute approximate surface area is 298 Å². The van der Waals surface area contributed by atoms with E-state index >= 15 is 8.78 Å². The summed E-state index contributed by atoms with van der Waals surface area (Å²) in [5, 5.41) is 12.3. The van der Waals surface area contributed by atoms with Crippen LogP contribution in [0.4, 0.5) is 14.6 Å². The van der Waals surface area contributed by atoms with Crippen LogP contribution < -0.4 is 5.32 Å². The van der Waals surface area contributed by atoms with Gasteiger partial charge in [-0.2, -0.15) is 10.2 Å². The minimum absolute atomic E-state index is 0.0743. The Morgan fingerprint density at radius 2 is 1.88 bits per heavy atom. The molecule has 0 radical (unpaired) electrons. The van der Waals surface area contributed by atoms with Crippen LogP contribution in [0.5, 0.6) is 0 Å². The van der Waals surface area contributed by atoms with Crippen molar-refractivity contribution in [2.45, 2.75) is 70.6 Å². The number of likely N-dealkylation sites (tertiary alicyclic amines) is 1. The lowest BCUT2D eigenvalue weighted by atomic mass is 9.98. The van der Waals surface area contributed by atoms with Gasteiger partial charge in [-0.05, 0) is 72.5 Å². The molecular weight excluding hydrogens is 726 g/mol. The van der Waals surface area contributed by atoms with E-state index in [4.69, 9.17) is 0 Å². The SMILES string of the molecule is CC(=O)c1nn(CC(=O)N2[C@H]3C[C@]4(C[C@@H]24)Cn2ccc(n2)/C=C\CCC(F)(F)c2ccc(Br)nc2NC3=O)c2cnc(-c3cnc(C)nc3)cc12. The zero-order valence-corrected chi connectivity index (χ0v) is 29.1. The summed E-state index contributed by atoms with van der Waals surface area (Å²) in [6.45, 7) is 3.35. The third-order valence-corrected chi connectivity index (χ3v) is 10.3. The number of halogens is 3. The third-order valence-electron chi connectivity index (χ3n) is 9.89. The molecule has 2 amide bonds. The van der Waals surface area contributed by atoms with Gasteiger partial charge in [-0.1, -0.05) is 6.08 Å². The number of carbonyl (C=O) groups excluding carboxylic acids is 3. The number of rotatable bonds is 4. The number of hydrogen-bond donors (Lipinski definition) is 1. The lowest BCUT2D eigenvalue weighted by Gasteiger charge is -2.27. The van der Waals surface area contributed by atoms with Gasteiger partial charge in [0.25, 0.3) is 5.92 Å². The van der Waals surface area contributed by atoms with Gasteiger partial charge in [0.1, 0.15) is 34.5 Å². The van der Waals surface area contributed by atoms with Crippen molar-refractivity contribution in [2.75, 3.05) is 5.32 Å². The van der Waals surface area contributed by atoms with Crippen LogP contribution >= 0.6 is 15.9 Å². The number of nitrogens with zero attached hydrogens (tertiary/aromatic N) is 9. The molecule has 8 rings (SSSR count). The molecule has 51 heavy (non-hydrogen) atoms. The number of aromatic nitrogens is 8. The van der Waals surface area contributed by atoms with E-state index in [0.29, 0.717) is 53.1 Å². The van der Waals surface area contributed by atoms with Crippen LogP contribution in [0.1, 0.15) is 60.2 Å². The number of fused-ring (bicyclic) bond motifs is 5. The molecule has 3 aliphatic rings. The highest BCUT2D eigenvalue weighted by atomic mass is 79.9. The van der Waals surface area contributed by atoms with Gasteiger partial charge in [0, 0.05) is 60.9 Å². The number of carbonyl (C=O) groups is 3. The van der Waals surface area contributed by atoms with E-state index in [-0.39, 0.29) is 40.9 Å². The molecule has 0 aromatic carbocycles. The van der Waals surface area contributed by atoms with Crippen molar-refractivity contribution in [3.8, 4) is 11.3 Å². The standard InChI is InChI=1S/C35H31BrF2N10O3/c1-19(49)31-23-11-25(21-14-39-20(2)40-15-21)41-16-27(23)47(45-31)17-30(50)48-26-12-34(13-28(34)48)18-46-10-8-22(44-46)5-3-4-9-35(37,38)24-6-7-29(36)42-32(24)43-33(26)51/h3,5-8,10-11,14-16,26,28H,4,9,12-13,17-18H2,1-2H3,(H,42,43,51)/b5-3-/t26-,28+,34-/m0/s1. The molecule has 260 valence electrons. The van der Waals surface area contributed by atoms with Crippen molar-refractivity contribution in [1.82, 2.24) is 44.4 Å². The van der Waals surface area contributed by atoms with Gasteiger partial charge in [0.2, 0.25) is 11.8 Å². The highest BCUT2D eigenvalue weighted by molar-refractivity contribution is 9.10. The van der Waals surface area contributed by atoms with Crippen LogP contribution in [-0.4, -0.2) is 74.1 Å². The van der Waals surface area contributed by atoms with E-state index in [1.165, 1.54) is 23.7 Å². The molecule has 16 heteroatoms. The zero-order chi connectivity index (χ0) is 35.7. The number of hydrogen-bond acceptors (Lipinski definition) is 9. The predicted octanol–water partition coefficient (Wildman–Crippen LogP) is 5.35. The Morgan fingerprint density at radius 3 is 2.67 bits per heavy atom. The number of alkyl halides is 2. The van der Waals surface area contributed by atoms with Gasteiger partial charge in [0.05, 0.1) is 28.7 Å². The van der Waals surface area contributed by atoms with E-state index < -0.39 is 41.2 Å². The van der Waals surface area contributed by atoms with Crippen molar-refractivity contribution >= 4 is 56.3 Å². The predicted molar refractivity (Wildman–Crippen MR) is 184 cm³/mol. The molecule has 1 spiro atoms. The fraction of sp³-hybridized carbons (Fsp3) is 0.343. The maximum atomic E-state index is 15.6. The first-order valence-electron chi connectivity index (χ1n) is 16.4.